The van der Waals surface area contributed by atoms with Crippen LogP contribution in [0.3, 0.4) is 0 Å². The van der Waals surface area contributed by atoms with Crippen molar-refractivity contribution in [2.75, 3.05) is 43.7 Å². The SMILES string of the molecule is COc1ccc(C23CCC(CN(C(=O)C4CCC(OC(=O)N5CC(CS(C)(=O)=O)C5)CC4)c4cc(-c5cnn(C(C)C)c5)ccn4)(CC2)CC3)cc1C. The van der Waals surface area contributed by atoms with Crippen LogP contribution in [0.5, 0.6) is 5.75 Å². The van der Waals surface area contributed by atoms with Gasteiger partial charge in [-0.15, -0.1) is 0 Å². The highest BCUT2D eigenvalue weighted by atomic mass is 32.2. The molecule has 3 aromatic rings. The molecule has 4 saturated carbocycles. The van der Waals surface area contributed by atoms with Gasteiger partial charge in [-0.1, -0.05) is 12.1 Å². The number of benzene rings is 1. The van der Waals surface area contributed by atoms with E-state index in [0.29, 0.717) is 51.1 Å². The van der Waals surface area contributed by atoms with E-state index >= 15 is 0 Å². The molecule has 3 heterocycles. The molecule has 2 aromatic heterocycles. The summed E-state index contributed by atoms with van der Waals surface area (Å²) < 4.78 is 36.6. The van der Waals surface area contributed by atoms with E-state index < -0.39 is 9.84 Å². The number of rotatable bonds is 11. The third-order valence-electron chi connectivity index (χ3n) is 12.7. The van der Waals surface area contributed by atoms with Crippen LogP contribution < -0.4 is 9.64 Å². The Labute approximate surface area is 314 Å². The number of aromatic nitrogens is 3. The Kier molecular flexibility index (Phi) is 10.4. The lowest BCUT2D eigenvalue weighted by molar-refractivity contribution is -0.124. The molecule has 4 aliphatic carbocycles. The molecule has 5 aliphatic rings. The molecule has 53 heavy (non-hydrogen) atoms. The summed E-state index contributed by atoms with van der Waals surface area (Å²) in [6.45, 7) is 7.78. The fourth-order valence-electron chi connectivity index (χ4n) is 9.38. The van der Waals surface area contributed by atoms with Gasteiger partial charge < -0.3 is 14.4 Å². The number of carbonyl (C=O) groups is 2. The van der Waals surface area contributed by atoms with Gasteiger partial charge in [-0.05, 0) is 131 Å². The second-order valence-electron chi connectivity index (χ2n) is 16.8. The number of likely N-dealkylation sites (tertiary alicyclic amines) is 1. The number of aryl methyl sites for hydroxylation is 1. The first-order valence-electron chi connectivity index (χ1n) is 19.4. The van der Waals surface area contributed by atoms with Crippen LogP contribution in [0.25, 0.3) is 11.1 Å². The molecular weight excluding hydrogens is 691 g/mol. The standard InChI is InChI=1S/C41H55N5O6S/c1-28(2)46-25-33(22-43-46)32-12-19-42-37(21-32)45(27-40-13-16-41(17-14-40,18-15-40)34-8-11-36(51-4)29(3)20-34)38(47)31-6-9-35(10-7-31)52-39(48)44-23-30(24-44)26-53(5,49)50/h8,11-12,19-22,25,28,30-31,35H,6-7,9-10,13-18,23-24,26-27H2,1-5H3. The number of sulfone groups is 1. The van der Waals surface area contributed by atoms with Gasteiger partial charge in [0.1, 0.15) is 27.5 Å². The predicted octanol–water partition coefficient (Wildman–Crippen LogP) is 7.14. The Hall–Kier alpha value is -3.93. The molecule has 2 amide bonds. The Balaban J connectivity index is 1.05. The number of pyridine rings is 1. The minimum Gasteiger partial charge on any atom is -0.496 e. The minimum atomic E-state index is -3.08. The van der Waals surface area contributed by atoms with Crippen molar-refractivity contribution in [2.24, 2.45) is 17.3 Å². The summed E-state index contributed by atoms with van der Waals surface area (Å²) >= 11 is 0. The van der Waals surface area contributed by atoms with Crippen molar-refractivity contribution in [3.63, 3.8) is 0 Å². The monoisotopic (exact) mass is 745 g/mol. The molecule has 0 unspecified atom stereocenters. The van der Waals surface area contributed by atoms with Gasteiger partial charge in [-0.2, -0.15) is 5.10 Å². The van der Waals surface area contributed by atoms with E-state index in [-0.39, 0.29) is 52.6 Å². The van der Waals surface area contributed by atoms with Crippen molar-refractivity contribution in [2.45, 2.75) is 103 Å². The van der Waals surface area contributed by atoms with E-state index in [2.05, 4.69) is 44.1 Å². The summed E-state index contributed by atoms with van der Waals surface area (Å²) in [5, 5.41) is 4.56. The number of carbonyl (C=O) groups excluding carboxylic acids is 2. The quantitative estimate of drug-likeness (QED) is 0.203. The molecule has 12 heteroatoms. The third kappa shape index (κ3) is 7.98. The highest BCUT2D eigenvalue weighted by molar-refractivity contribution is 7.90. The number of ether oxygens (including phenoxy) is 2. The third-order valence-corrected chi connectivity index (χ3v) is 13.8. The largest absolute Gasteiger partial charge is 0.496 e. The summed E-state index contributed by atoms with van der Waals surface area (Å²) in [4.78, 5) is 35.9. The maximum absolute atomic E-state index is 14.7. The molecule has 1 aliphatic heterocycles. The fourth-order valence-corrected chi connectivity index (χ4v) is 10.4. The average molecular weight is 746 g/mol. The second-order valence-corrected chi connectivity index (χ2v) is 19.0. The van der Waals surface area contributed by atoms with Crippen molar-refractivity contribution >= 4 is 27.7 Å². The topological polar surface area (TPSA) is 124 Å². The molecule has 1 saturated heterocycles. The van der Waals surface area contributed by atoms with Gasteiger partial charge in [0.2, 0.25) is 5.91 Å². The molecule has 0 spiro atoms. The summed E-state index contributed by atoms with van der Waals surface area (Å²) in [5.41, 5.74) is 4.76. The van der Waals surface area contributed by atoms with Crippen LogP contribution in [0.15, 0.2) is 48.9 Å². The zero-order chi connectivity index (χ0) is 37.5. The van der Waals surface area contributed by atoms with Crippen molar-refractivity contribution < 1.29 is 27.5 Å². The van der Waals surface area contributed by atoms with E-state index in [4.69, 9.17) is 14.5 Å². The molecule has 2 bridgehead atoms. The number of nitrogens with zero attached hydrogens (tertiary/aromatic N) is 5. The van der Waals surface area contributed by atoms with Crippen molar-refractivity contribution in [1.29, 1.82) is 0 Å². The summed E-state index contributed by atoms with van der Waals surface area (Å²) in [6, 6.07) is 11.0. The Morgan fingerprint density at radius 1 is 0.981 bits per heavy atom. The molecule has 1 aromatic carbocycles. The average Bonchev–Trinajstić information content (AvgIpc) is 3.64. The smallest absolute Gasteiger partial charge is 0.410 e. The molecular formula is C41H55N5O6S. The van der Waals surface area contributed by atoms with Crippen molar-refractivity contribution in [3.05, 3.63) is 60.0 Å². The van der Waals surface area contributed by atoms with Gasteiger partial charge in [-0.25, -0.2) is 18.2 Å². The van der Waals surface area contributed by atoms with Crippen LogP contribution in [0.2, 0.25) is 0 Å². The summed E-state index contributed by atoms with van der Waals surface area (Å²) in [7, 11) is -1.35. The van der Waals surface area contributed by atoms with Gasteiger partial charge in [0, 0.05) is 61.7 Å². The van der Waals surface area contributed by atoms with E-state index in [1.165, 1.54) is 17.4 Å². The van der Waals surface area contributed by atoms with Gasteiger partial charge in [0.15, 0.2) is 0 Å². The maximum Gasteiger partial charge on any atom is 0.410 e. The number of amides is 2. The maximum atomic E-state index is 14.7. The van der Waals surface area contributed by atoms with Gasteiger partial charge >= 0.3 is 6.09 Å². The summed E-state index contributed by atoms with van der Waals surface area (Å²) in [5.74, 6) is 1.58. The fraction of sp³-hybridized carbons (Fsp3) is 0.610. The van der Waals surface area contributed by atoms with Crippen molar-refractivity contribution in [3.8, 4) is 16.9 Å². The number of anilines is 1. The molecule has 11 nitrogen and oxygen atoms in total. The first kappa shape index (κ1) is 37.4. The zero-order valence-electron chi connectivity index (χ0n) is 31.9. The lowest BCUT2D eigenvalue weighted by atomic mass is 9.51. The van der Waals surface area contributed by atoms with E-state index in [1.807, 2.05) is 34.1 Å². The Morgan fingerprint density at radius 2 is 1.68 bits per heavy atom. The molecule has 0 N–H and O–H groups in total. The molecule has 0 radical (unpaired) electrons. The van der Waals surface area contributed by atoms with Crippen LogP contribution in [0, 0.1) is 24.2 Å². The molecule has 5 fully saturated rings. The highest BCUT2D eigenvalue weighted by Crippen LogP contribution is 2.58. The van der Waals surface area contributed by atoms with Gasteiger partial charge in [0.25, 0.3) is 0 Å². The first-order valence-corrected chi connectivity index (χ1v) is 21.4. The highest BCUT2D eigenvalue weighted by Gasteiger charge is 2.51. The van der Waals surface area contributed by atoms with E-state index in [9.17, 15) is 18.0 Å². The lowest BCUT2D eigenvalue weighted by Crippen LogP contribution is -2.53. The van der Waals surface area contributed by atoms with E-state index in [0.717, 1.165) is 55.4 Å². The van der Waals surface area contributed by atoms with Gasteiger partial charge in [0.05, 0.1) is 19.1 Å². The van der Waals surface area contributed by atoms with Crippen LogP contribution >= 0.6 is 0 Å². The normalized spacial score (nSPS) is 26.0. The number of hydrogen-bond donors (Lipinski definition) is 0. The van der Waals surface area contributed by atoms with Crippen molar-refractivity contribution in [1.82, 2.24) is 19.7 Å². The predicted molar refractivity (Wildman–Crippen MR) is 205 cm³/mol. The minimum absolute atomic E-state index is 0.0258. The van der Waals surface area contributed by atoms with Crippen LogP contribution in [0.4, 0.5) is 10.6 Å². The van der Waals surface area contributed by atoms with Crippen LogP contribution in [-0.4, -0.2) is 84.9 Å². The van der Waals surface area contributed by atoms with E-state index in [1.54, 1.807) is 18.2 Å². The van der Waals surface area contributed by atoms with Crippen LogP contribution in [0.1, 0.15) is 95.2 Å². The molecule has 286 valence electrons. The number of methoxy groups -OCH3 is 1. The molecule has 0 atom stereocenters. The van der Waals surface area contributed by atoms with Crippen LogP contribution in [-0.2, 0) is 24.8 Å². The Morgan fingerprint density at radius 3 is 2.28 bits per heavy atom. The van der Waals surface area contributed by atoms with Gasteiger partial charge in [-0.3, -0.25) is 14.4 Å². The number of fused-ring (bicyclic) bond motifs is 3. The number of hydrogen-bond acceptors (Lipinski definition) is 8. The second kappa shape index (κ2) is 14.7. The first-order chi connectivity index (χ1) is 25.3. The lowest BCUT2D eigenvalue weighted by Gasteiger charge is -2.55. The zero-order valence-corrected chi connectivity index (χ0v) is 32.7. The summed E-state index contributed by atoms with van der Waals surface area (Å²) in [6.07, 6.45) is 15.3. The Bertz CT molecular complexity index is 1900. The molecule has 8 rings (SSSR count).